The van der Waals surface area contributed by atoms with Gasteiger partial charge >= 0.3 is 0 Å². The minimum atomic E-state index is -2.70. The van der Waals surface area contributed by atoms with Crippen molar-refractivity contribution < 1.29 is 39.5 Å². The number of anilines is 2. The number of aliphatic hydroxyl groups is 3. The van der Waals surface area contributed by atoms with Gasteiger partial charge in [0, 0.05) is 43.4 Å². The number of ketones is 2. The van der Waals surface area contributed by atoms with Gasteiger partial charge in [-0.3, -0.25) is 19.3 Å². The van der Waals surface area contributed by atoms with Gasteiger partial charge in [-0.05, 0) is 71.3 Å². The number of nitrogens with one attached hydrogen (secondary N) is 1. The SMILES string of the molecule is CN(C)c1cc(NCc2ccccc2OC(C)(C)C)c(O)c2c1C[C@@H]1C[C@H]3[C@@H](N(C)C)C(O)=C(C(N)=O)C(=O)[C@@]3(O)C(O)=C1C2=O. The van der Waals surface area contributed by atoms with Crippen LogP contribution in [0.1, 0.15) is 48.7 Å². The highest BCUT2D eigenvalue weighted by Crippen LogP contribution is 2.54. The molecule has 4 atom stereocenters. The zero-order valence-corrected chi connectivity index (χ0v) is 27.1. The summed E-state index contributed by atoms with van der Waals surface area (Å²) >= 11 is 0. The van der Waals surface area contributed by atoms with Gasteiger partial charge < -0.3 is 41.1 Å². The van der Waals surface area contributed by atoms with Crippen LogP contribution in [0.25, 0.3) is 0 Å². The highest BCUT2D eigenvalue weighted by atomic mass is 16.5. The number of aliphatic hydroxyl groups excluding tert-OH is 2. The molecule has 0 radical (unpaired) electrons. The molecule has 0 spiro atoms. The number of likely N-dealkylation sites (N-methyl/N-ethyl adjacent to an activating group) is 1. The average Bonchev–Trinajstić information content (AvgIpc) is 2.94. The van der Waals surface area contributed by atoms with Gasteiger partial charge in [-0.2, -0.15) is 0 Å². The molecule has 12 nitrogen and oxygen atoms in total. The van der Waals surface area contributed by atoms with E-state index in [9.17, 15) is 34.8 Å². The fourth-order valence-corrected chi connectivity index (χ4v) is 7.10. The van der Waals surface area contributed by atoms with Gasteiger partial charge in [-0.25, -0.2) is 0 Å². The lowest BCUT2D eigenvalue weighted by molar-refractivity contribution is -0.148. The second-order valence-electron chi connectivity index (χ2n) is 13.7. The van der Waals surface area contributed by atoms with E-state index in [1.807, 2.05) is 64.0 Å². The number of benzene rings is 2. The summed E-state index contributed by atoms with van der Waals surface area (Å²) in [5.74, 6) is -6.22. The fourth-order valence-electron chi connectivity index (χ4n) is 7.10. The van der Waals surface area contributed by atoms with Crippen molar-refractivity contribution in [1.82, 2.24) is 4.90 Å². The number of phenols is 1. The number of carbonyl (C=O) groups is 3. The number of Topliss-reactive ketones (excluding diaryl/α,β-unsaturated/α-hetero) is 2. The van der Waals surface area contributed by atoms with E-state index in [-0.39, 0.29) is 42.0 Å². The van der Waals surface area contributed by atoms with E-state index >= 15 is 0 Å². The molecule has 0 bridgehead atoms. The molecule has 0 saturated heterocycles. The van der Waals surface area contributed by atoms with E-state index in [1.165, 1.54) is 4.90 Å². The summed E-state index contributed by atoms with van der Waals surface area (Å²) in [6, 6.07) is 8.18. The largest absolute Gasteiger partial charge is 0.510 e. The molecule has 2 aromatic rings. The molecule has 5 rings (SSSR count). The van der Waals surface area contributed by atoms with Crippen molar-refractivity contribution in [3.8, 4) is 11.5 Å². The summed E-state index contributed by atoms with van der Waals surface area (Å²) in [5.41, 5.74) is 3.46. The van der Waals surface area contributed by atoms with Crippen LogP contribution < -0.4 is 20.7 Å². The topological polar surface area (TPSA) is 186 Å². The summed E-state index contributed by atoms with van der Waals surface area (Å²) in [5, 5.41) is 49.2. The second-order valence-corrected chi connectivity index (χ2v) is 13.7. The zero-order chi connectivity index (χ0) is 34.0. The summed E-state index contributed by atoms with van der Waals surface area (Å²) in [7, 11) is 6.81. The van der Waals surface area contributed by atoms with Crippen molar-refractivity contribution in [1.29, 1.82) is 0 Å². The predicted octanol–water partition coefficient (Wildman–Crippen LogP) is 2.98. The van der Waals surface area contributed by atoms with Gasteiger partial charge in [0.05, 0.1) is 17.3 Å². The van der Waals surface area contributed by atoms with E-state index in [0.717, 1.165) is 5.56 Å². The van der Waals surface area contributed by atoms with Crippen LogP contribution in [-0.2, 0) is 22.6 Å². The zero-order valence-electron chi connectivity index (χ0n) is 27.1. The number of primary amides is 1. The summed E-state index contributed by atoms with van der Waals surface area (Å²) in [4.78, 5) is 43.4. The number of hydrogen-bond donors (Lipinski definition) is 6. The predicted molar refractivity (Wildman–Crippen MR) is 172 cm³/mol. The number of allylic oxidation sites excluding steroid dienone is 1. The summed E-state index contributed by atoms with van der Waals surface area (Å²) < 4.78 is 6.10. The van der Waals surface area contributed by atoms with E-state index < -0.39 is 63.6 Å². The Hall–Kier alpha value is -4.55. The van der Waals surface area contributed by atoms with Crippen molar-refractivity contribution in [3.05, 3.63) is 69.7 Å². The molecule has 3 aliphatic carbocycles. The Morgan fingerprint density at radius 1 is 1.11 bits per heavy atom. The second kappa shape index (κ2) is 11.4. The Kier molecular flexibility index (Phi) is 8.11. The molecule has 3 aliphatic rings. The van der Waals surface area contributed by atoms with Gasteiger partial charge in [-0.1, -0.05) is 18.2 Å². The molecule has 12 heteroatoms. The molecule has 46 heavy (non-hydrogen) atoms. The fraction of sp³-hybridized carbons (Fsp3) is 0.441. The lowest BCUT2D eigenvalue weighted by Gasteiger charge is -2.50. The smallest absolute Gasteiger partial charge is 0.255 e. The van der Waals surface area contributed by atoms with Crippen LogP contribution in [0.3, 0.4) is 0 Å². The van der Waals surface area contributed by atoms with Crippen LogP contribution in [-0.4, -0.2) is 88.2 Å². The van der Waals surface area contributed by atoms with Crippen LogP contribution >= 0.6 is 0 Å². The molecular formula is C34H42N4O8. The normalized spacial score (nSPS) is 24.4. The quantitative estimate of drug-likeness (QED) is 0.194. The molecule has 7 N–H and O–H groups in total. The Labute approximate surface area is 267 Å². The first-order chi connectivity index (χ1) is 21.4. The number of aromatic hydroxyl groups is 1. The molecule has 0 aliphatic heterocycles. The number of nitrogens with zero attached hydrogens (tertiary/aromatic N) is 2. The lowest BCUT2D eigenvalue weighted by Crippen LogP contribution is -2.63. The number of fused-ring (bicyclic) bond motifs is 3. The number of nitrogens with two attached hydrogens (primary N) is 1. The molecule has 0 heterocycles. The highest BCUT2D eigenvalue weighted by Gasteiger charge is 2.63. The van der Waals surface area contributed by atoms with Crippen LogP contribution in [0.2, 0.25) is 0 Å². The standard InChI is InChI=1S/C34H42N4O8/c1-33(2,3)46-22-11-9-8-10-16(22)15-36-20-14-21(37(4)5)18-12-17-13-19-26(38(6)7)29(41)25(32(35)44)31(43)34(19,45)30(42)23(17)28(40)24(18)27(20)39/h8-11,14,17,19,26,36,39,41-42,45H,12-13,15H2,1-7H3,(H2,35,44)/t17-,19+,26-,34+/m1/s1. The Balaban J connectivity index is 1.61. The minimum Gasteiger partial charge on any atom is -0.510 e. The van der Waals surface area contributed by atoms with E-state index in [1.54, 1.807) is 20.2 Å². The number of ether oxygens (including phenoxy) is 1. The first kappa shape index (κ1) is 32.8. The molecule has 2 aromatic carbocycles. The molecule has 0 aromatic heterocycles. The van der Waals surface area contributed by atoms with Gasteiger partial charge in [0.15, 0.2) is 11.4 Å². The van der Waals surface area contributed by atoms with E-state index in [2.05, 4.69) is 5.32 Å². The third-order valence-corrected chi connectivity index (χ3v) is 9.04. The van der Waals surface area contributed by atoms with Gasteiger partial charge in [-0.15, -0.1) is 0 Å². The first-order valence-electron chi connectivity index (χ1n) is 15.1. The number of hydrogen-bond acceptors (Lipinski definition) is 11. The number of para-hydroxylation sites is 1. The van der Waals surface area contributed by atoms with Crippen LogP contribution in [0.15, 0.2) is 53.0 Å². The van der Waals surface area contributed by atoms with E-state index in [4.69, 9.17) is 10.5 Å². The minimum absolute atomic E-state index is 0.0178. The van der Waals surface area contributed by atoms with Crippen molar-refractivity contribution in [3.63, 3.8) is 0 Å². The number of carbonyl (C=O) groups excluding carboxylic acids is 3. The van der Waals surface area contributed by atoms with Crippen molar-refractivity contribution in [2.75, 3.05) is 38.4 Å². The Morgan fingerprint density at radius 2 is 1.76 bits per heavy atom. The number of amides is 1. The third kappa shape index (κ3) is 5.15. The maximum Gasteiger partial charge on any atom is 0.255 e. The van der Waals surface area contributed by atoms with Gasteiger partial charge in [0.1, 0.15) is 34.2 Å². The third-order valence-electron chi connectivity index (χ3n) is 9.04. The molecule has 1 amide bonds. The number of phenolic OH excluding ortho intramolecular Hbond substituents is 1. The molecule has 0 saturated carbocycles. The van der Waals surface area contributed by atoms with E-state index in [0.29, 0.717) is 17.0 Å². The summed E-state index contributed by atoms with van der Waals surface area (Å²) in [6.07, 6.45) is 0.210. The monoisotopic (exact) mass is 634 g/mol. The van der Waals surface area contributed by atoms with Gasteiger partial charge in [0.2, 0.25) is 5.78 Å². The maximum atomic E-state index is 14.3. The lowest BCUT2D eigenvalue weighted by atomic mass is 9.58. The summed E-state index contributed by atoms with van der Waals surface area (Å²) in [6.45, 7) is 6.08. The van der Waals surface area contributed by atoms with Crippen LogP contribution in [0.4, 0.5) is 11.4 Å². The number of rotatable bonds is 7. The molecule has 0 fully saturated rings. The maximum absolute atomic E-state index is 14.3. The molecular weight excluding hydrogens is 592 g/mol. The average molecular weight is 635 g/mol. The van der Waals surface area contributed by atoms with Crippen LogP contribution in [0.5, 0.6) is 11.5 Å². The Bertz CT molecular complexity index is 1700. The van der Waals surface area contributed by atoms with Crippen molar-refractivity contribution >= 4 is 28.8 Å². The van der Waals surface area contributed by atoms with Crippen LogP contribution in [0, 0.1) is 11.8 Å². The molecule has 0 unspecified atom stereocenters. The van der Waals surface area contributed by atoms with Crippen molar-refractivity contribution in [2.24, 2.45) is 17.6 Å². The molecule has 246 valence electrons. The first-order valence-corrected chi connectivity index (χ1v) is 15.1. The Morgan fingerprint density at radius 3 is 2.35 bits per heavy atom. The highest BCUT2D eigenvalue weighted by molar-refractivity contribution is 6.25. The van der Waals surface area contributed by atoms with Crippen molar-refractivity contribution in [2.45, 2.75) is 57.4 Å². The van der Waals surface area contributed by atoms with Gasteiger partial charge in [0.25, 0.3) is 5.91 Å².